The van der Waals surface area contributed by atoms with Crippen molar-refractivity contribution >= 4 is 5.91 Å². The number of carbonyl (C=O) groups excluding carboxylic acids is 1. The minimum absolute atomic E-state index is 0.181. The second-order valence-corrected chi connectivity index (χ2v) is 6.17. The normalized spacial score (nSPS) is 38.9. The molecule has 4 heteroatoms. The molecule has 2 saturated carbocycles. The fourth-order valence-corrected chi connectivity index (χ4v) is 3.92. The van der Waals surface area contributed by atoms with Gasteiger partial charge in [-0.3, -0.25) is 4.79 Å². The molecule has 4 nitrogen and oxygen atoms in total. The van der Waals surface area contributed by atoms with Crippen molar-refractivity contribution in [2.24, 2.45) is 17.8 Å². The van der Waals surface area contributed by atoms with Crippen LogP contribution in [0.2, 0.25) is 0 Å². The maximum absolute atomic E-state index is 11.9. The quantitative estimate of drug-likeness (QED) is 0.782. The lowest BCUT2D eigenvalue weighted by atomic mass is 9.89. The third-order valence-electron chi connectivity index (χ3n) is 4.88. The van der Waals surface area contributed by atoms with Crippen molar-refractivity contribution < 1.29 is 9.53 Å². The van der Waals surface area contributed by atoms with Gasteiger partial charge in [-0.1, -0.05) is 6.42 Å². The van der Waals surface area contributed by atoms with Crippen molar-refractivity contribution in [3.05, 3.63) is 0 Å². The molecular weight excluding hydrogens is 228 g/mol. The van der Waals surface area contributed by atoms with Gasteiger partial charge in [0.05, 0.1) is 13.2 Å². The second kappa shape index (κ2) is 5.57. The number of hydrogen-bond acceptors (Lipinski definition) is 3. The Morgan fingerprint density at radius 3 is 2.94 bits per heavy atom. The highest BCUT2D eigenvalue weighted by Gasteiger charge is 2.39. The Bertz CT molecular complexity index is 302. The fraction of sp³-hybridized carbons (Fsp3) is 0.929. The summed E-state index contributed by atoms with van der Waals surface area (Å²) in [5.74, 6) is 2.79. The molecule has 3 aliphatic rings. The molecule has 2 bridgehead atoms. The molecule has 4 atom stereocenters. The lowest BCUT2D eigenvalue weighted by Crippen LogP contribution is -2.44. The molecule has 0 spiro atoms. The van der Waals surface area contributed by atoms with Gasteiger partial charge in [-0.05, 0) is 37.0 Å². The Hall–Kier alpha value is -0.610. The van der Waals surface area contributed by atoms with Gasteiger partial charge in [-0.2, -0.15) is 0 Å². The molecule has 0 aromatic carbocycles. The summed E-state index contributed by atoms with van der Waals surface area (Å²) in [6.07, 6.45) is 6.14. The third-order valence-corrected chi connectivity index (χ3v) is 4.88. The van der Waals surface area contributed by atoms with Crippen LogP contribution in [-0.2, 0) is 9.53 Å². The highest BCUT2D eigenvalue weighted by atomic mass is 16.5. The van der Waals surface area contributed by atoms with E-state index in [2.05, 4.69) is 10.6 Å². The Morgan fingerprint density at radius 1 is 1.33 bits per heavy atom. The van der Waals surface area contributed by atoms with Crippen LogP contribution in [0.1, 0.15) is 32.1 Å². The largest absolute Gasteiger partial charge is 0.378 e. The van der Waals surface area contributed by atoms with Crippen molar-refractivity contribution in [1.82, 2.24) is 10.6 Å². The number of nitrogens with one attached hydrogen (secondary N) is 2. The molecule has 0 aromatic heterocycles. The summed E-state index contributed by atoms with van der Waals surface area (Å²) in [4.78, 5) is 11.9. The van der Waals surface area contributed by atoms with Crippen LogP contribution < -0.4 is 10.6 Å². The molecule has 3 rings (SSSR count). The zero-order chi connectivity index (χ0) is 12.4. The van der Waals surface area contributed by atoms with Crippen molar-refractivity contribution in [1.29, 1.82) is 0 Å². The van der Waals surface area contributed by atoms with Crippen LogP contribution in [0.15, 0.2) is 0 Å². The first kappa shape index (κ1) is 12.4. The molecule has 1 aliphatic heterocycles. The smallest absolute Gasteiger partial charge is 0.221 e. The van der Waals surface area contributed by atoms with Gasteiger partial charge in [-0.25, -0.2) is 0 Å². The average Bonchev–Trinajstić information content (AvgIpc) is 3.00. The predicted octanol–water partition coefficient (Wildman–Crippen LogP) is 0.917. The lowest BCUT2D eigenvalue weighted by Gasteiger charge is -2.25. The minimum Gasteiger partial charge on any atom is -0.378 e. The second-order valence-electron chi connectivity index (χ2n) is 6.17. The van der Waals surface area contributed by atoms with Gasteiger partial charge in [0, 0.05) is 25.6 Å². The number of carbonyl (C=O) groups is 1. The number of rotatable bonds is 4. The fourth-order valence-electron chi connectivity index (χ4n) is 3.92. The van der Waals surface area contributed by atoms with E-state index < -0.39 is 0 Å². The Labute approximate surface area is 109 Å². The summed E-state index contributed by atoms with van der Waals surface area (Å²) in [7, 11) is 0. The highest BCUT2D eigenvalue weighted by Crippen LogP contribution is 2.47. The van der Waals surface area contributed by atoms with E-state index in [1.54, 1.807) is 0 Å². The summed E-state index contributed by atoms with van der Waals surface area (Å²) < 4.78 is 5.36. The monoisotopic (exact) mass is 252 g/mol. The highest BCUT2D eigenvalue weighted by molar-refractivity contribution is 5.76. The standard InChI is InChI=1S/C14H24N2O2/c17-14(7-13-9-18-4-3-15-13)16-8-12-6-10-1-2-11(12)5-10/h10-13,15H,1-9H2,(H,16,17). The Kier molecular flexibility index (Phi) is 3.85. The molecular formula is C14H24N2O2. The van der Waals surface area contributed by atoms with Crippen molar-refractivity contribution in [2.75, 3.05) is 26.3 Å². The van der Waals surface area contributed by atoms with E-state index in [0.717, 1.165) is 37.5 Å². The van der Waals surface area contributed by atoms with Crippen LogP contribution >= 0.6 is 0 Å². The summed E-state index contributed by atoms with van der Waals surface area (Å²) >= 11 is 0. The number of ether oxygens (including phenoxy) is 1. The number of fused-ring (bicyclic) bond motifs is 2. The Morgan fingerprint density at radius 2 is 2.28 bits per heavy atom. The molecule has 2 N–H and O–H groups in total. The van der Waals surface area contributed by atoms with Crippen LogP contribution in [-0.4, -0.2) is 38.3 Å². The maximum Gasteiger partial charge on any atom is 0.221 e. The summed E-state index contributed by atoms with van der Waals surface area (Å²) in [5.41, 5.74) is 0. The van der Waals surface area contributed by atoms with Crippen LogP contribution in [0, 0.1) is 17.8 Å². The van der Waals surface area contributed by atoms with E-state index in [0.29, 0.717) is 13.0 Å². The molecule has 3 fully saturated rings. The summed E-state index contributed by atoms with van der Waals surface area (Å²) in [6.45, 7) is 3.20. The minimum atomic E-state index is 0.181. The molecule has 0 aromatic rings. The molecule has 1 heterocycles. The molecule has 102 valence electrons. The Balaban J connectivity index is 1.36. The molecule has 18 heavy (non-hydrogen) atoms. The number of morpholine rings is 1. The lowest BCUT2D eigenvalue weighted by molar-refractivity contribution is -0.122. The first-order valence-electron chi connectivity index (χ1n) is 7.39. The van der Waals surface area contributed by atoms with Gasteiger partial charge in [0.1, 0.15) is 0 Å². The van der Waals surface area contributed by atoms with Crippen molar-refractivity contribution in [3.8, 4) is 0 Å². The van der Waals surface area contributed by atoms with Crippen molar-refractivity contribution in [2.45, 2.75) is 38.1 Å². The van der Waals surface area contributed by atoms with Crippen LogP contribution in [0.25, 0.3) is 0 Å². The topological polar surface area (TPSA) is 50.4 Å². The van der Waals surface area contributed by atoms with Crippen LogP contribution in [0.4, 0.5) is 0 Å². The average molecular weight is 252 g/mol. The third kappa shape index (κ3) is 2.86. The maximum atomic E-state index is 11.9. The van der Waals surface area contributed by atoms with Gasteiger partial charge in [0.25, 0.3) is 0 Å². The van der Waals surface area contributed by atoms with E-state index >= 15 is 0 Å². The predicted molar refractivity (Wildman–Crippen MR) is 69.2 cm³/mol. The SMILES string of the molecule is O=C(CC1COCCN1)NCC1CC2CCC1C2. The number of hydrogen-bond donors (Lipinski definition) is 2. The van der Waals surface area contributed by atoms with Gasteiger partial charge in [0.2, 0.25) is 5.91 Å². The van der Waals surface area contributed by atoms with E-state index in [9.17, 15) is 4.79 Å². The van der Waals surface area contributed by atoms with Gasteiger partial charge >= 0.3 is 0 Å². The van der Waals surface area contributed by atoms with E-state index in [1.807, 2.05) is 0 Å². The first-order chi connectivity index (χ1) is 8.81. The molecule has 4 unspecified atom stereocenters. The summed E-state index contributed by atoms with van der Waals surface area (Å²) in [5, 5.41) is 6.44. The molecule has 1 saturated heterocycles. The molecule has 2 aliphatic carbocycles. The van der Waals surface area contributed by atoms with Crippen molar-refractivity contribution in [3.63, 3.8) is 0 Å². The summed E-state index contributed by atoms with van der Waals surface area (Å²) in [6, 6.07) is 0.207. The van der Waals surface area contributed by atoms with E-state index in [4.69, 9.17) is 4.74 Å². The van der Waals surface area contributed by atoms with Crippen LogP contribution in [0.5, 0.6) is 0 Å². The van der Waals surface area contributed by atoms with E-state index in [-0.39, 0.29) is 11.9 Å². The number of amides is 1. The van der Waals surface area contributed by atoms with Gasteiger partial charge in [-0.15, -0.1) is 0 Å². The van der Waals surface area contributed by atoms with Gasteiger partial charge < -0.3 is 15.4 Å². The van der Waals surface area contributed by atoms with Gasteiger partial charge in [0.15, 0.2) is 0 Å². The van der Waals surface area contributed by atoms with Crippen LogP contribution in [0.3, 0.4) is 0 Å². The zero-order valence-electron chi connectivity index (χ0n) is 11.0. The molecule has 0 radical (unpaired) electrons. The van der Waals surface area contributed by atoms with E-state index in [1.165, 1.54) is 25.7 Å². The zero-order valence-corrected chi connectivity index (χ0v) is 11.0. The molecule has 1 amide bonds. The first-order valence-corrected chi connectivity index (χ1v) is 7.39.